The number of pyridine rings is 1. The van der Waals surface area contributed by atoms with Crippen molar-refractivity contribution in [3.8, 4) is 0 Å². The van der Waals surface area contributed by atoms with Crippen molar-refractivity contribution in [3.63, 3.8) is 0 Å². The number of nitrogens with one attached hydrogen (secondary N) is 3. The van der Waals surface area contributed by atoms with E-state index in [1.165, 1.54) is 6.92 Å². The average molecular weight is 384 g/mol. The fourth-order valence-electron chi connectivity index (χ4n) is 2.42. The second-order valence-electron chi connectivity index (χ2n) is 6.36. The van der Waals surface area contributed by atoms with Crippen LogP contribution in [-0.2, 0) is 20.9 Å². The molecule has 28 heavy (non-hydrogen) atoms. The van der Waals surface area contributed by atoms with Crippen LogP contribution in [0.1, 0.15) is 23.7 Å². The van der Waals surface area contributed by atoms with Crippen molar-refractivity contribution in [2.45, 2.75) is 33.4 Å². The first kappa shape index (κ1) is 20.9. The Bertz CT molecular complexity index is 819. The van der Waals surface area contributed by atoms with Gasteiger partial charge in [0.15, 0.2) is 0 Å². The second-order valence-corrected chi connectivity index (χ2v) is 6.36. The second kappa shape index (κ2) is 10.1. The molecule has 0 aliphatic heterocycles. The number of aromatic nitrogens is 1. The number of carbonyl (C=O) groups is 3. The van der Waals surface area contributed by atoms with Gasteiger partial charge in [0.1, 0.15) is 18.5 Å². The van der Waals surface area contributed by atoms with E-state index < -0.39 is 23.9 Å². The van der Waals surface area contributed by atoms with Crippen LogP contribution in [-0.4, -0.2) is 35.5 Å². The molecule has 0 radical (unpaired) electrons. The molecule has 1 aromatic carbocycles. The zero-order chi connectivity index (χ0) is 20.5. The maximum Gasteiger partial charge on any atom is 0.408 e. The summed E-state index contributed by atoms with van der Waals surface area (Å²) < 4.78 is 5.06. The number of anilines is 1. The number of benzene rings is 1. The third-order valence-corrected chi connectivity index (χ3v) is 3.73. The van der Waals surface area contributed by atoms with Gasteiger partial charge in [0.2, 0.25) is 11.8 Å². The average Bonchev–Trinajstić information content (AvgIpc) is 2.64. The van der Waals surface area contributed by atoms with Gasteiger partial charge in [0, 0.05) is 5.69 Å². The van der Waals surface area contributed by atoms with Crippen LogP contribution in [0.15, 0.2) is 42.5 Å². The number of aryl methyl sites for hydroxylation is 2. The van der Waals surface area contributed by atoms with Crippen LogP contribution < -0.4 is 16.0 Å². The predicted octanol–water partition coefficient (Wildman–Crippen LogP) is 2.07. The zero-order valence-corrected chi connectivity index (χ0v) is 16.1. The monoisotopic (exact) mass is 384 g/mol. The van der Waals surface area contributed by atoms with Crippen LogP contribution in [0.5, 0.6) is 0 Å². The topological polar surface area (TPSA) is 109 Å². The highest BCUT2D eigenvalue weighted by Gasteiger charge is 2.17. The lowest BCUT2D eigenvalue weighted by Crippen LogP contribution is -2.46. The van der Waals surface area contributed by atoms with Crippen molar-refractivity contribution >= 4 is 23.7 Å². The lowest BCUT2D eigenvalue weighted by atomic mass is 10.2. The third-order valence-electron chi connectivity index (χ3n) is 3.73. The summed E-state index contributed by atoms with van der Waals surface area (Å²) in [5, 5.41) is 7.50. The van der Waals surface area contributed by atoms with Gasteiger partial charge in [-0.25, -0.2) is 9.78 Å². The van der Waals surface area contributed by atoms with Gasteiger partial charge in [-0.1, -0.05) is 30.3 Å². The number of ether oxygens (including phenoxy) is 1. The van der Waals surface area contributed by atoms with E-state index in [1.807, 2.05) is 50.2 Å². The van der Waals surface area contributed by atoms with E-state index in [0.717, 1.165) is 16.8 Å². The van der Waals surface area contributed by atoms with E-state index in [0.29, 0.717) is 5.82 Å². The van der Waals surface area contributed by atoms with Crippen molar-refractivity contribution in [1.82, 2.24) is 15.6 Å². The van der Waals surface area contributed by atoms with Crippen LogP contribution in [0, 0.1) is 13.8 Å². The Morgan fingerprint density at radius 3 is 2.50 bits per heavy atom. The Kier molecular flexibility index (Phi) is 7.50. The van der Waals surface area contributed by atoms with Crippen molar-refractivity contribution in [1.29, 1.82) is 0 Å². The van der Waals surface area contributed by atoms with Gasteiger partial charge < -0.3 is 20.7 Å². The highest BCUT2D eigenvalue weighted by molar-refractivity contribution is 5.95. The number of hydrogen-bond donors (Lipinski definition) is 3. The molecule has 0 aliphatic carbocycles. The lowest BCUT2D eigenvalue weighted by molar-refractivity contribution is -0.125. The third kappa shape index (κ3) is 7.06. The van der Waals surface area contributed by atoms with Crippen LogP contribution in [0.25, 0.3) is 0 Å². The molecule has 0 saturated carbocycles. The summed E-state index contributed by atoms with van der Waals surface area (Å²) in [6.45, 7) is 5.10. The minimum Gasteiger partial charge on any atom is -0.445 e. The molecule has 2 rings (SSSR count). The van der Waals surface area contributed by atoms with E-state index in [2.05, 4.69) is 20.9 Å². The van der Waals surface area contributed by atoms with E-state index in [1.54, 1.807) is 6.07 Å². The largest absolute Gasteiger partial charge is 0.445 e. The Morgan fingerprint density at radius 2 is 1.82 bits per heavy atom. The minimum absolute atomic E-state index is 0.103. The lowest BCUT2D eigenvalue weighted by Gasteiger charge is -2.14. The highest BCUT2D eigenvalue weighted by Crippen LogP contribution is 2.08. The Balaban J connectivity index is 1.72. The standard InChI is InChI=1S/C20H24N4O4/c1-13-9-14(2)22-17(10-13)24-18(25)11-21-19(26)15(3)23-20(27)28-12-16-7-5-4-6-8-16/h4-10,15H,11-12H2,1-3H3,(H,21,26)(H,23,27)(H,22,24,25)/t15-/m1/s1. The molecule has 8 nitrogen and oxygen atoms in total. The molecule has 148 valence electrons. The molecule has 2 aromatic rings. The Labute approximate surface area is 163 Å². The van der Waals surface area contributed by atoms with Gasteiger partial charge in [-0.05, 0) is 44.0 Å². The summed E-state index contributed by atoms with van der Waals surface area (Å²) in [6.07, 6.45) is -0.713. The summed E-state index contributed by atoms with van der Waals surface area (Å²) in [5.74, 6) is -0.489. The van der Waals surface area contributed by atoms with Gasteiger partial charge in [0.25, 0.3) is 0 Å². The number of alkyl carbamates (subject to hydrolysis) is 1. The zero-order valence-electron chi connectivity index (χ0n) is 16.1. The van der Waals surface area contributed by atoms with Gasteiger partial charge in [0.05, 0.1) is 6.54 Å². The maximum atomic E-state index is 12.0. The van der Waals surface area contributed by atoms with Gasteiger partial charge in [-0.2, -0.15) is 0 Å². The van der Waals surface area contributed by atoms with Crippen LogP contribution >= 0.6 is 0 Å². The first-order valence-electron chi connectivity index (χ1n) is 8.83. The molecule has 0 bridgehead atoms. The fourth-order valence-corrected chi connectivity index (χ4v) is 2.42. The summed E-state index contributed by atoms with van der Waals surface area (Å²) in [4.78, 5) is 40.0. The SMILES string of the molecule is Cc1cc(C)nc(NC(=O)CNC(=O)[C@@H](C)NC(=O)OCc2ccccc2)c1. The first-order chi connectivity index (χ1) is 13.3. The van der Waals surface area contributed by atoms with Crippen molar-refractivity contribution in [2.24, 2.45) is 0 Å². The van der Waals surface area contributed by atoms with E-state index in [4.69, 9.17) is 4.74 Å². The van der Waals surface area contributed by atoms with Crippen LogP contribution in [0.3, 0.4) is 0 Å². The predicted molar refractivity (Wildman–Crippen MR) is 105 cm³/mol. The molecule has 8 heteroatoms. The molecule has 0 unspecified atom stereocenters. The summed E-state index contributed by atoms with van der Waals surface area (Å²) >= 11 is 0. The highest BCUT2D eigenvalue weighted by atomic mass is 16.5. The van der Waals surface area contributed by atoms with E-state index >= 15 is 0 Å². The van der Waals surface area contributed by atoms with Crippen LogP contribution in [0.2, 0.25) is 0 Å². The number of amides is 3. The first-order valence-corrected chi connectivity index (χ1v) is 8.83. The molecule has 1 aromatic heterocycles. The summed E-state index contributed by atoms with van der Waals surface area (Å²) in [6, 6.07) is 12.0. The number of nitrogens with zero attached hydrogens (tertiary/aromatic N) is 1. The minimum atomic E-state index is -0.851. The van der Waals surface area contributed by atoms with Gasteiger partial charge >= 0.3 is 6.09 Å². The summed E-state index contributed by atoms with van der Waals surface area (Å²) in [5.41, 5.74) is 2.59. The van der Waals surface area contributed by atoms with Crippen molar-refractivity contribution < 1.29 is 19.1 Å². The Morgan fingerprint density at radius 1 is 1.11 bits per heavy atom. The molecule has 0 aliphatic rings. The maximum absolute atomic E-state index is 12.0. The molecule has 3 N–H and O–H groups in total. The molecule has 0 fully saturated rings. The number of hydrogen-bond acceptors (Lipinski definition) is 5. The van der Waals surface area contributed by atoms with Crippen molar-refractivity contribution in [3.05, 3.63) is 59.3 Å². The summed E-state index contributed by atoms with van der Waals surface area (Å²) in [7, 11) is 0. The Hall–Kier alpha value is -3.42. The quantitative estimate of drug-likeness (QED) is 0.677. The van der Waals surface area contributed by atoms with E-state index in [9.17, 15) is 14.4 Å². The molecule has 0 spiro atoms. The van der Waals surface area contributed by atoms with Gasteiger partial charge in [-0.3, -0.25) is 9.59 Å². The van der Waals surface area contributed by atoms with Gasteiger partial charge in [-0.15, -0.1) is 0 Å². The normalized spacial score (nSPS) is 11.2. The molecule has 0 saturated heterocycles. The fraction of sp³-hybridized carbons (Fsp3) is 0.300. The molecule has 1 heterocycles. The molecular weight excluding hydrogens is 360 g/mol. The number of carbonyl (C=O) groups excluding carboxylic acids is 3. The van der Waals surface area contributed by atoms with Crippen LogP contribution in [0.4, 0.5) is 10.6 Å². The van der Waals surface area contributed by atoms with E-state index in [-0.39, 0.29) is 13.2 Å². The number of rotatable bonds is 7. The molecule has 3 amide bonds. The van der Waals surface area contributed by atoms with Crippen molar-refractivity contribution in [2.75, 3.05) is 11.9 Å². The smallest absolute Gasteiger partial charge is 0.408 e. The molecular formula is C20H24N4O4. The molecule has 1 atom stereocenters.